The van der Waals surface area contributed by atoms with Crippen LogP contribution in [0.15, 0.2) is 65.4 Å². The number of rotatable bonds is 16. The number of piperidine rings is 3. The van der Waals surface area contributed by atoms with Crippen molar-refractivity contribution in [3.05, 3.63) is 80.7 Å². The van der Waals surface area contributed by atoms with Crippen molar-refractivity contribution in [3.8, 4) is 0 Å². The summed E-state index contributed by atoms with van der Waals surface area (Å²) in [5, 5.41) is 15.5. The first-order valence-electron chi connectivity index (χ1n) is 15.1. The van der Waals surface area contributed by atoms with Gasteiger partial charge in [0.15, 0.2) is 0 Å². The van der Waals surface area contributed by atoms with Crippen molar-refractivity contribution in [3.63, 3.8) is 0 Å². The molecule has 41 heavy (non-hydrogen) atoms. The zero-order chi connectivity index (χ0) is 27.7. The second-order valence-corrected chi connectivity index (χ2v) is 13.5. The Morgan fingerprint density at radius 1 is 0.854 bits per heavy atom. The standard InChI is InChI=1S/C33H44NO4S2.BrH/c35-32(33(36,29-15-10-24-39-29)30-16-11-25-40-30)38-31-26-28-17-20-34(31,21-18-28)19-7-1-2-8-22-37-23-9-6-14-27-12-4-3-5-13-27;/h3-5,10-13,15-16,24-25,28,31,36H,1-2,6-9,14,17-23,26H2;1H/q+1;/p-1/t28?,31-,34?;/m1./s1. The van der Waals surface area contributed by atoms with Gasteiger partial charge in [-0.3, -0.25) is 4.48 Å². The Hall–Kier alpha value is -1.55. The molecule has 3 saturated heterocycles. The highest BCUT2D eigenvalue weighted by molar-refractivity contribution is 7.12. The van der Waals surface area contributed by atoms with Crippen LogP contribution in [0, 0.1) is 5.92 Å². The maximum absolute atomic E-state index is 13.7. The van der Waals surface area contributed by atoms with Crippen LogP contribution in [-0.2, 0) is 26.3 Å². The molecule has 0 unspecified atom stereocenters. The van der Waals surface area contributed by atoms with Gasteiger partial charge in [-0.15, -0.1) is 22.7 Å². The van der Waals surface area contributed by atoms with E-state index >= 15 is 0 Å². The Labute approximate surface area is 263 Å². The Kier molecular flexibility index (Phi) is 12.5. The fourth-order valence-electron chi connectivity index (χ4n) is 6.46. The molecule has 1 atom stereocenters. The monoisotopic (exact) mass is 661 g/mol. The first-order valence-corrected chi connectivity index (χ1v) is 16.8. The lowest BCUT2D eigenvalue weighted by Crippen LogP contribution is -3.00. The van der Waals surface area contributed by atoms with Crippen LogP contribution < -0.4 is 17.0 Å². The van der Waals surface area contributed by atoms with Gasteiger partial charge in [0.2, 0.25) is 11.8 Å². The van der Waals surface area contributed by atoms with Crippen LogP contribution in [0.25, 0.3) is 0 Å². The summed E-state index contributed by atoms with van der Waals surface area (Å²) >= 11 is 2.80. The van der Waals surface area contributed by atoms with Crippen molar-refractivity contribution in [1.82, 2.24) is 0 Å². The van der Waals surface area contributed by atoms with Crippen LogP contribution in [0.4, 0.5) is 0 Å². The summed E-state index contributed by atoms with van der Waals surface area (Å²) in [4.78, 5) is 14.9. The van der Waals surface area contributed by atoms with Gasteiger partial charge in [-0.1, -0.05) is 48.9 Å². The van der Waals surface area contributed by atoms with Gasteiger partial charge in [0, 0.05) is 32.5 Å². The van der Waals surface area contributed by atoms with Crippen molar-refractivity contribution in [2.24, 2.45) is 5.92 Å². The number of hydrogen-bond acceptors (Lipinski definition) is 6. The van der Waals surface area contributed by atoms with E-state index in [0.717, 1.165) is 69.4 Å². The Morgan fingerprint density at radius 3 is 2.12 bits per heavy atom. The number of aliphatic hydroxyl groups is 1. The number of quaternary nitrogens is 1. The lowest BCUT2D eigenvalue weighted by molar-refractivity contribution is -0.984. The molecule has 5 nitrogen and oxygen atoms in total. The van der Waals surface area contributed by atoms with Gasteiger partial charge in [-0.2, -0.15) is 0 Å². The summed E-state index contributed by atoms with van der Waals surface area (Å²) in [6.45, 7) is 4.89. The summed E-state index contributed by atoms with van der Waals surface area (Å²) in [6.07, 6.45) is 11.2. The van der Waals surface area contributed by atoms with Crippen molar-refractivity contribution in [2.45, 2.75) is 76.0 Å². The van der Waals surface area contributed by atoms with E-state index in [1.807, 2.05) is 35.0 Å². The molecule has 3 fully saturated rings. The van der Waals surface area contributed by atoms with Crippen LogP contribution in [0.5, 0.6) is 0 Å². The quantitative estimate of drug-likeness (QED) is 0.142. The summed E-state index contributed by atoms with van der Waals surface area (Å²) in [6, 6.07) is 18.1. The molecule has 6 rings (SSSR count). The van der Waals surface area contributed by atoms with Gasteiger partial charge >= 0.3 is 5.97 Å². The molecular weight excluding hydrogens is 618 g/mol. The van der Waals surface area contributed by atoms with E-state index in [1.54, 1.807) is 0 Å². The summed E-state index contributed by atoms with van der Waals surface area (Å²) in [7, 11) is 0. The number of carbonyl (C=O) groups is 1. The van der Waals surface area contributed by atoms with Crippen LogP contribution in [0.2, 0.25) is 0 Å². The number of aryl methyl sites for hydroxylation is 1. The van der Waals surface area contributed by atoms with Crippen molar-refractivity contribution in [2.75, 3.05) is 32.8 Å². The van der Waals surface area contributed by atoms with Gasteiger partial charge in [0.05, 0.1) is 29.4 Å². The zero-order valence-electron chi connectivity index (χ0n) is 23.9. The minimum absolute atomic E-state index is 0. The maximum atomic E-state index is 13.7. The first kappa shape index (κ1) is 32.4. The number of thiophene rings is 2. The Morgan fingerprint density at radius 2 is 1.49 bits per heavy atom. The topological polar surface area (TPSA) is 55.8 Å². The molecule has 0 spiro atoms. The molecule has 8 heteroatoms. The number of halogens is 1. The first-order chi connectivity index (χ1) is 19.6. The van der Waals surface area contributed by atoms with E-state index in [4.69, 9.17) is 9.47 Å². The van der Waals surface area contributed by atoms with Crippen molar-refractivity contribution in [1.29, 1.82) is 0 Å². The zero-order valence-corrected chi connectivity index (χ0v) is 27.1. The lowest BCUT2D eigenvalue weighted by atomic mass is 9.84. The molecule has 0 aliphatic carbocycles. The molecule has 2 aromatic heterocycles. The van der Waals surface area contributed by atoms with Crippen LogP contribution in [-0.4, -0.2) is 54.6 Å². The average Bonchev–Trinajstić information content (AvgIpc) is 3.73. The fourth-order valence-corrected chi connectivity index (χ4v) is 8.17. The lowest BCUT2D eigenvalue weighted by Gasteiger charge is -2.53. The minimum Gasteiger partial charge on any atom is -1.00 e. The largest absolute Gasteiger partial charge is 1.00 e. The molecule has 5 heterocycles. The van der Waals surface area contributed by atoms with Crippen molar-refractivity contribution < 1.29 is 40.8 Å². The van der Waals surface area contributed by atoms with E-state index in [2.05, 4.69) is 30.3 Å². The van der Waals surface area contributed by atoms with Crippen LogP contribution >= 0.6 is 22.7 Å². The minimum atomic E-state index is -1.73. The van der Waals surface area contributed by atoms with E-state index in [9.17, 15) is 9.90 Å². The molecule has 1 N–H and O–H groups in total. The second kappa shape index (κ2) is 15.8. The third-order valence-corrected chi connectivity index (χ3v) is 10.9. The fraction of sp³-hybridized carbons (Fsp3) is 0.545. The summed E-state index contributed by atoms with van der Waals surface area (Å²) < 4.78 is 13.0. The van der Waals surface area contributed by atoms with Gasteiger partial charge in [-0.25, -0.2) is 4.79 Å². The molecular formula is C33H44BrNO4S2. The molecule has 3 aliphatic heterocycles. The van der Waals surface area contributed by atoms with E-state index in [1.165, 1.54) is 60.3 Å². The predicted octanol–water partition coefficient (Wildman–Crippen LogP) is 4.15. The number of hydrogen-bond donors (Lipinski definition) is 1. The van der Waals surface area contributed by atoms with Gasteiger partial charge in [-0.05, 0) is 72.9 Å². The molecule has 2 bridgehead atoms. The number of fused-ring (bicyclic) bond motifs is 3. The van der Waals surface area contributed by atoms with Gasteiger partial charge in [0.1, 0.15) is 0 Å². The highest BCUT2D eigenvalue weighted by atomic mass is 79.9. The number of unbranched alkanes of at least 4 members (excludes halogenated alkanes) is 4. The Bertz CT molecular complexity index is 1110. The molecule has 1 aromatic carbocycles. The van der Waals surface area contributed by atoms with Crippen LogP contribution in [0.1, 0.15) is 73.1 Å². The van der Waals surface area contributed by atoms with E-state index in [0.29, 0.717) is 15.7 Å². The number of carbonyl (C=O) groups excluding carboxylic acids is 1. The van der Waals surface area contributed by atoms with E-state index in [-0.39, 0.29) is 23.2 Å². The van der Waals surface area contributed by atoms with Crippen LogP contribution in [0.3, 0.4) is 0 Å². The van der Waals surface area contributed by atoms with Gasteiger partial charge in [0.25, 0.3) is 0 Å². The molecule has 3 aliphatic rings. The average molecular weight is 663 g/mol. The summed E-state index contributed by atoms with van der Waals surface area (Å²) in [5.74, 6) is 0.104. The van der Waals surface area contributed by atoms with Gasteiger partial charge < -0.3 is 31.6 Å². The predicted molar refractivity (Wildman–Crippen MR) is 162 cm³/mol. The highest BCUT2D eigenvalue weighted by Crippen LogP contribution is 2.42. The number of esters is 1. The molecule has 0 radical (unpaired) electrons. The molecule has 0 amide bonds. The normalized spacial score (nSPS) is 21.9. The highest BCUT2D eigenvalue weighted by Gasteiger charge is 2.52. The third-order valence-electron chi connectivity index (χ3n) is 8.89. The molecule has 0 saturated carbocycles. The SMILES string of the molecule is O=C(O[C@@H]1CC2CC[N+]1(CCCCCCOCCCCc1ccccc1)CC2)C(O)(c1cccs1)c1cccs1.[Br-]. The molecule has 3 aromatic rings. The van der Waals surface area contributed by atoms with Crippen molar-refractivity contribution >= 4 is 28.6 Å². The van der Waals surface area contributed by atoms with E-state index < -0.39 is 11.6 Å². The second-order valence-electron chi connectivity index (χ2n) is 11.6. The smallest absolute Gasteiger partial charge is 0.353 e. The maximum Gasteiger partial charge on any atom is 0.353 e. The summed E-state index contributed by atoms with van der Waals surface area (Å²) in [5.41, 5.74) is -0.324. The third kappa shape index (κ3) is 8.09. The number of ether oxygens (including phenoxy) is 2. The molecule has 224 valence electrons. The Balaban J connectivity index is 0.00000387. The number of benzene rings is 1. The number of nitrogens with zero attached hydrogens (tertiary/aromatic N) is 1.